The van der Waals surface area contributed by atoms with Gasteiger partial charge >= 0.3 is 5.97 Å². The molecule has 10 heavy (non-hydrogen) atoms. The number of aliphatic hydroxyl groups is 1. The van der Waals surface area contributed by atoms with E-state index in [1.165, 1.54) is 12.8 Å². The van der Waals surface area contributed by atoms with Crippen molar-refractivity contribution in [3.63, 3.8) is 0 Å². The van der Waals surface area contributed by atoms with Crippen LogP contribution in [0.4, 0.5) is 0 Å². The molecule has 58 valence electrons. The molecule has 3 heteroatoms. The van der Waals surface area contributed by atoms with E-state index in [4.69, 9.17) is 10.2 Å². The summed E-state index contributed by atoms with van der Waals surface area (Å²) < 4.78 is 0. The van der Waals surface area contributed by atoms with Crippen LogP contribution in [0.1, 0.15) is 25.7 Å². The second kappa shape index (κ2) is 3.01. The van der Waals surface area contributed by atoms with Crippen molar-refractivity contribution < 1.29 is 15.0 Å². The lowest BCUT2D eigenvalue weighted by molar-refractivity contribution is -0.147. The Bertz CT molecular complexity index is 129. The van der Waals surface area contributed by atoms with E-state index < -0.39 is 12.1 Å². The predicted molar refractivity (Wildman–Crippen MR) is 35.6 cm³/mol. The number of aliphatic carboxylic acids is 1. The van der Waals surface area contributed by atoms with Crippen molar-refractivity contribution in [1.29, 1.82) is 0 Å². The zero-order valence-corrected chi connectivity index (χ0v) is 5.79. The van der Waals surface area contributed by atoms with Crippen LogP contribution in [0.5, 0.6) is 0 Å². The smallest absolute Gasteiger partial charge is 0.332 e. The molecule has 1 aliphatic rings. The summed E-state index contributed by atoms with van der Waals surface area (Å²) in [7, 11) is 0. The van der Waals surface area contributed by atoms with Crippen molar-refractivity contribution in [2.75, 3.05) is 0 Å². The lowest BCUT2D eigenvalue weighted by atomic mass is 10.1. The van der Waals surface area contributed by atoms with Crippen LogP contribution in [0, 0.1) is 5.92 Å². The Morgan fingerprint density at radius 3 is 2.60 bits per heavy atom. The molecule has 1 fully saturated rings. The van der Waals surface area contributed by atoms with Crippen molar-refractivity contribution in [2.24, 2.45) is 5.92 Å². The first-order chi connectivity index (χ1) is 4.70. The molecular weight excluding hydrogens is 132 g/mol. The summed E-state index contributed by atoms with van der Waals surface area (Å²) in [4.78, 5) is 10.1. The first-order valence-corrected chi connectivity index (χ1v) is 3.61. The van der Waals surface area contributed by atoms with Gasteiger partial charge < -0.3 is 10.2 Å². The number of carboxylic acid groups (broad SMARTS) is 1. The van der Waals surface area contributed by atoms with E-state index in [9.17, 15) is 4.79 Å². The van der Waals surface area contributed by atoms with E-state index in [0.717, 1.165) is 6.42 Å². The van der Waals surface area contributed by atoms with Crippen molar-refractivity contribution in [3.8, 4) is 0 Å². The third-order valence-electron chi connectivity index (χ3n) is 1.83. The minimum atomic E-state index is -1.14. The highest BCUT2D eigenvalue weighted by molar-refractivity contribution is 5.71. The van der Waals surface area contributed by atoms with Crippen molar-refractivity contribution in [2.45, 2.75) is 31.8 Å². The van der Waals surface area contributed by atoms with E-state index in [1.54, 1.807) is 0 Å². The van der Waals surface area contributed by atoms with Crippen LogP contribution in [0.15, 0.2) is 0 Å². The first kappa shape index (κ1) is 7.54. The quantitative estimate of drug-likeness (QED) is 0.608. The Hall–Kier alpha value is -0.570. The van der Waals surface area contributed by atoms with Crippen LogP contribution in [0.3, 0.4) is 0 Å². The molecule has 1 aliphatic carbocycles. The Morgan fingerprint density at radius 1 is 1.60 bits per heavy atom. The van der Waals surface area contributed by atoms with Gasteiger partial charge in [-0.1, -0.05) is 12.8 Å². The van der Waals surface area contributed by atoms with Crippen molar-refractivity contribution in [1.82, 2.24) is 0 Å². The number of carbonyl (C=O) groups is 1. The molecule has 0 aliphatic heterocycles. The van der Waals surface area contributed by atoms with E-state index in [-0.39, 0.29) is 0 Å². The first-order valence-electron chi connectivity index (χ1n) is 3.61. The van der Waals surface area contributed by atoms with Crippen LogP contribution >= 0.6 is 0 Å². The third kappa shape index (κ3) is 2.35. The fourth-order valence-corrected chi connectivity index (χ4v) is 0.924. The minimum Gasteiger partial charge on any atom is -0.479 e. The Kier molecular flexibility index (Phi) is 2.27. The number of rotatable bonds is 4. The highest BCUT2D eigenvalue weighted by Crippen LogP contribution is 2.33. The molecule has 1 saturated carbocycles. The van der Waals surface area contributed by atoms with Crippen LogP contribution < -0.4 is 0 Å². The summed E-state index contributed by atoms with van der Waals surface area (Å²) >= 11 is 0. The molecule has 0 amide bonds. The lowest BCUT2D eigenvalue weighted by Gasteiger charge is -2.02. The zero-order chi connectivity index (χ0) is 7.56. The Balaban J connectivity index is 2.05. The summed E-state index contributed by atoms with van der Waals surface area (Å²) in [6.07, 6.45) is 2.58. The van der Waals surface area contributed by atoms with Crippen LogP contribution in [0.2, 0.25) is 0 Å². The highest BCUT2D eigenvalue weighted by atomic mass is 16.4. The van der Waals surface area contributed by atoms with E-state index in [1.807, 2.05) is 0 Å². The third-order valence-corrected chi connectivity index (χ3v) is 1.83. The van der Waals surface area contributed by atoms with E-state index >= 15 is 0 Å². The van der Waals surface area contributed by atoms with Crippen LogP contribution in [0.25, 0.3) is 0 Å². The van der Waals surface area contributed by atoms with Gasteiger partial charge in [-0.05, 0) is 18.8 Å². The maximum Gasteiger partial charge on any atom is 0.332 e. The molecule has 1 unspecified atom stereocenters. The molecule has 3 nitrogen and oxygen atoms in total. The second-order valence-corrected chi connectivity index (χ2v) is 2.87. The summed E-state index contributed by atoms with van der Waals surface area (Å²) in [5.74, 6) is -0.394. The van der Waals surface area contributed by atoms with Crippen LogP contribution in [-0.4, -0.2) is 22.3 Å². The standard InChI is InChI=1S/C7H12O3/c8-6(7(9)10)4-3-5-1-2-5/h5-6,8H,1-4H2,(H,9,10). The number of hydrogen-bond acceptors (Lipinski definition) is 2. The molecule has 0 bridgehead atoms. The fourth-order valence-electron chi connectivity index (χ4n) is 0.924. The van der Waals surface area contributed by atoms with Gasteiger partial charge in [-0.3, -0.25) is 0 Å². The molecule has 0 heterocycles. The summed E-state index contributed by atoms with van der Waals surface area (Å²) in [5.41, 5.74) is 0. The molecule has 0 saturated heterocycles. The van der Waals surface area contributed by atoms with Crippen molar-refractivity contribution in [3.05, 3.63) is 0 Å². The van der Waals surface area contributed by atoms with Gasteiger partial charge in [0.2, 0.25) is 0 Å². The van der Waals surface area contributed by atoms with Gasteiger partial charge in [0.1, 0.15) is 0 Å². The maximum absolute atomic E-state index is 10.1. The van der Waals surface area contributed by atoms with Crippen LogP contribution in [-0.2, 0) is 4.79 Å². The molecule has 0 spiro atoms. The summed E-state index contributed by atoms with van der Waals surface area (Å²) in [5, 5.41) is 17.1. The predicted octanol–water partition coefficient (Wildman–Crippen LogP) is 0.622. The zero-order valence-electron chi connectivity index (χ0n) is 5.79. The topological polar surface area (TPSA) is 57.5 Å². The molecule has 0 aromatic rings. The SMILES string of the molecule is O=C(O)C(O)CCC1CC1. The number of hydrogen-bond donors (Lipinski definition) is 2. The van der Waals surface area contributed by atoms with Gasteiger partial charge in [0.15, 0.2) is 6.10 Å². The van der Waals surface area contributed by atoms with Crippen molar-refractivity contribution >= 4 is 5.97 Å². The van der Waals surface area contributed by atoms with Gasteiger partial charge in [0, 0.05) is 0 Å². The van der Waals surface area contributed by atoms with Gasteiger partial charge in [0.25, 0.3) is 0 Å². The largest absolute Gasteiger partial charge is 0.479 e. The van der Waals surface area contributed by atoms with E-state index in [0.29, 0.717) is 12.3 Å². The lowest BCUT2D eigenvalue weighted by Crippen LogP contribution is -2.19. The monoisotopic (exact) mass is 144 g/mol. The molecule has 0 aromatic carbocycles. The summed E-state index contributed by atoms with van der Waals surface area (Å²) in [6.45, 7) is 0. The Labute approximate surface area is 59.7 Å². The molecule has 2 N–H and O–H groups in total. The number of carboxylic acids is 1. The number of aliphatic hydroxyl groups excluding tert-OH is 1. The molecule has 1 rings (SSSR count). The highest BCUT2D eigenvalue weighted by Gasteiger charge is 2.23. The Morgan fingerprint density at radius 2 is 2.20 bits per heavy atom. The van der Waals surface area contributed by atoms with E-state index in [2.05, 4.69) is 0 Å². The maximum atomic E-state index is 10.1. The normalized spacial score (nSPS) is 20.5. The minimum absolute atomic E-state index is 0.417. The molecule has 1 atom stereocenters. The van der Waals surface area contributed by atoms with Gasteiger partial charge in [-0.15, -0.1) is 0 Å². The molecule has 0 aromatic heterocycles. The average Bonchev–Trinajstić information content (AvgIpc) is 2.64. The molecule has 0 radical (unpaired) electrons. The summed E-state index contributed by atoms with van der Waals surface area (Å²) in [6, 6.07) is 0. The fraction of sp³-hybridized carbons (Fsp3) is 0.857. The second-order valence-electron chi connectivity index (χ2n) is 2.87. The van der Waals surface area contributed by atoms with Gasteiger partial charge in [-0.25, -0.2) is 4.79 Å². The van der Waals surface area contributed by atoms with Gasteiger partial charge in [-0.2, -0.15) is 0 Å². The van der Waals surface area contributed by atoms with Gasteiger partial charge in [0.05, 0.1) is 0 Å². The average molecular weight is 144 g/mol. The molecular formula is C7H12O3.